The number of aliphatic carboxylic acids is 1. The van der Waals surface area contributed by atoms with Gasteiger partial charge in [-0.3, -0.25) is 4.99 Å². The molecule has 200 valence electrons. The van der Waals surface area contributed by atoms with E-state index < -0.39 is 17.6 Å². The van der Waals surface area contributed by atoms with Gasteiger partial charge < -0.3 is 20.1 Å². The Labute approximate surface area is 224 Å². The van der Waals surface area contributed by atoms with E-state index in [9.17, 15) is 14.7 Å². The van der Waals surface area contributed by atoms with Crippen LogP contribution in [0.1, 0.15) is 56.6 Å². The minimum absolute atomic E-state index is 0.0914. The number of nitrogens with zero attached hydrogens (tertiary/aromatic N) is 2. The van der Waals surface area contributed by atoms with Crippen LogP contribution in [0.15, 0.2) is 59.6 Å². The molecule has 5 aliphatic rings. The number of rotatable bonds is 6. The summed E-state index contributed by atoms with van der Waals surface area (Å²) in [5.41, 5.74) is 2.41. The first-order chi connectivity index (χ1) is 18.3. The number of benzodiazepines with no additional fused rings is 1. The van der Waals surface area contributed by atoms with Gasteiger partial charge in [0.15, 0.2) is 0 Å². The van der Waals surface area contributed by atoms with E-state index in [2.05, 4.69) is 16.3 Å². The molecule has 4 fully saturated rings. The topological polar surface area (TPSA) is 91.2 Å². The molecule has 0 spiro atoms. The van der Waals surface area contributed by atoms with Crippen molar-refractivity contribution < 1.29 is 19.4 Å². The number of carbonyl (C=O) groups excluding carboxylic acids is 1. The summed E-state index contributed by atoms with van der Waals surface area (Å²) in [6.45, 7) is 1.99. The maximum Gasteiger partial charge on any atom is 0.408 e. The average molecular weight is 516 g/mol. The summed E-state index contributed by atoms with van der Waals surface area (Å²) in [4.78, 5) is 32.8. The van der Waals surface area contributed by atoms with Crippen molar-refractivity contribution in [2.75, 3.05) is 18.5 Å². The second-order valence-corrected chi connectivity index (χ2v) is 12.1. The summed E-state index contributed by atoms with van der Waals surface area (Å²) in [5.74, 6) is 1.32. The fourth-order valence-corrected chi connectivity index (χ4v) is 7.74. The van der Waals surface area contributed by atoms with Gasteiger partial charge in [0, 0.05) is 30.3 Å². The molecule has 0 aromatic heterocycles. The fraction of sp³-hybridized carbons (Fsp3) is 0.516. The molecule has 2 atom stereocenters. The van der Waals surface area contributed by atoms with Gasteiger partial charge in [0.05, 0.1) is 18.3 Å². The third-order valence-electron chi connectivity index (χ3n) is 9.47. The molecule has 7 rings (SSSR count). The number of aliphatic imine (C=N–C) groups is 1. The van der Waals surface area contributed by atoms with Crippen LogP contribution < -0.4 is 10.2 Å². The van der Waals surface area contributed by atoms with Crippen LogP contribution in [-0.4, -0.2) is 54.2 Å². The van der Waals surface area contributed by atoms with Crippen molar-refractivity contribution in [3.63, 3.8) is 0 Å². The molecule has 0 saturated heterocycles. The van der Waals surface area contributed by atoms with Gasteiger partial charge in [-0.15, -0.1) is 0 Å². The third kappa shape index (κ3) is 4.56. The Morgan fingerprint density at radius 1 is 1.00 bits per heavy atom. The summed E-state index contributed by atoms with van der Waals surface area (Å²) in [5, 5.41) is 13.0. The molecular weight excluding hydrogens is 478 g/mol. The van der Waals surface area contributed by atoms with Crippen molar-refractivity contribution in [1.82, 2.24) is 5.32 Å². The molecular formula is C31H37N3O4. The number of alkyl carbamates (subject to hydrolysis) is 1. The highest BCUT2D eigenvalue weighted by atomic mass is 16.6. The van der Waals surface area contributed by atoms with Crippen molar-refractivity contribution in [2.45, 2.75) is 63.1 Å². The van der Waals surface area contributed by atoms with Crippen LogP contribution in [-0.2, 0) is 9.53 Å². The van der Waals surface area contributed by atoms with Crippen molar-refractivity contribution >= 4 is 23.5 Å². The minimum atomic E-state index is -1.50. The molecule has 1 heterocycles. The van der Waals surface area contributed by atoms with Gasteiger partial charge in [0.1, 0.15) is 11.6 Å². The maximum absolute atomic E-state index is 13.1. The van der Waals surface area contributed by atoms with Crippen molar-refractivity contribution in [1.29, 1.82) is 0 Å². The molecule has 1 aliphatic heterocycles. The number of carbonyl (C=O) groups is 2. The Bertz CT molecular complexity index is 1220. The van der Waals surface area contributed by atoms with E-state index >= 15 is 0 Å². The SMILES string of the molecule is CN1c2ccccc2C(c2ccccc2)=NCC1C[C@](C)(NC(=O)OC1C2CC3CC(C2)CC1C3)C(=O)O. The first-order valence-electron chi connectivity index (χ1n) is 13.9. The zero-order chi connectivity index (χ0) is 26.4. The molecule has 7 heteroatoms. The summed E-state index contributed by atoms with van der Waals surface area (Å²) < 4.78 is 5.99. The second-order valence-electron chi connectivity index (χ2n) is 12.1. The molecule has 4 bridgehead atoms. The lowest BCUT2D eigenvalue weighted by Gasteiger charge is -2.53. The zero-order valence-electron chi connectivity index (χ0n) is 22.2. The van der Waals surface area contributed by atoms with Gasteiger partial charge in [0.2, 0.25) is 0 Å². The monoisotopic (exact) mass is 515 g/mol. The Balaban J connectivity index is 1.21. The minimum Gasteiger partial charge on any atom is -0.480 e. The van der Waals surface area contributed by atoms with Crippen LogP contribution in [0.4, 0.5) is 10.5 Å². The van der Waals surface area contributed by atoms with E-state index in [1.54, 1.807) is 6.92 Å². The number of likely N-dealkylation sites (N-methyl/N-ethyl adjacent to an activating group) is 1. The smallest absolute Gasteiger partial charge is 0.408 e. The van der Waals surface area contributed by atoms with E-state index in [1.165, 1.54) is 6.42 Å². The number of benzene rings is 2. The Morgan fingerprint density at radius 3 is 2.29 bits per heavy atom. The van der Waals surface area contributed by atoms with E-state index in [0.29, 0.717) is 18.4 Å². The van der Waals surface area contributed by atoms with E-state index in [-0.39, 0.29) is 18.6 Å². The molecule has 2 aromatic carbocycles. The van der Waals surface area contributed by atoms with E-state index in [0.717, 1.165) is 60.0 Å². The highest BCUT2D eigenvalue weighted by molar-refractivity contribution is 6.16. The Morgan fingerprint density at radius 2 is 1.63 bits per heavy atom. The van der Waals surface area contributed by atoms with Gasteiger partial charge in [-0.2, -0.15) is 0 Å². The second kappa shape index (κ2) is 9.75. The number of amides is 1. The molecule has 0 radical (unpaired) electrons. The predicted octanol–water partition coefficient (Wildman–Crippen LogP) is 5.13. The number of anilines is 1. The fourth-order valence-electron chi connectivity index (χ4n) is 7.74. The Kier molecular flexibility index (Phi) is 6.40. The number of nitrogens with one attached hydrogen (secondary N) is 1. The van der Waals surface area contributed by atoms with E-state index in [4.69, 9.17) is 9.73 Å². The van der Waals surface area contributed by atoms with Crippen LogP contribution in [0, 0.1) is 23.7 Å². The Hall–Kier alpha value is -3.35. The van der Waals surface area contributed by atoms with Gasteiger partial charge in [-0.05, 0) is 68.8 Å². The van der Waals surface area contributed by atoms with Gasteiger partial charge >= 0.3 is 12.1 Å². The number of fused-ring (bicyclic) bond motifs is 1. The normalized spacial score (nSPS) is 31.0. The quantitative estimate of drug-likeness (QED) is 0.557. The van der Waals surface area contributed by atoms with Crippen LogP contribution >= 0.6 is 0 Å². The lowest BCUT2D eigenvalue weighted by Crippen LogP contribution is -2.58. The highest BCUT2D eigenvalue weighted by Crippen LogP contribution is 2.54. The van der Waals surface area contributed by atoms with Crippen LogP contribution in [0.25, 0.3) is 0 Å². The molecule has 38 heavy (non-hydrogen) atoms. The van der Waals surface area contributed by atoms with E-state index in [1.807, 2.05) is 55.6 Å². The number of carboxylic acids is 1. The van der Waals surface area contributed by atoms with Gasteiger partial charge in [0.25, 0.3) is 0 Å². The van der Waals surface area contributed by atoms with Gasteiger partial charge in [-0.1, -0.05) is 48.5 Å². The zero-order valence-corrected chi connectivity index (χ0v) is 22.2. The van der Waals surface area contributed by atoms with Gasteiger partial charge in [-0.25, -0.2) is 9.59 Å². The molecule has 4 saturated carbocycles. The first kappa shape index (κ1) is 25.0. The summed E-state index contributed by atoms with van der Waals surface area (Å²) >= 11 is 0. The standard InChI is InChI=1S/C31H37N3O4/c1-31(29(35)36,33-30(37)38-28-22-13-19-12-20(15-22)16-23(28)14-19)17-24-18-32-27(21-8-4-3-5-9-21)25-10-6-7-11-26(25)34(24)2/h3-11,19-20,22-24,28H,12-18H2,1-2H3,(H,33,37)(H,35,36)/t19?,20?,22?,23?,24?,28?,31-/m0/s1. The van der Waals surface area contributed by atoms with Crippen molar-refractivity contribution in [3.05, 3.63) is 65.7 Å². The summed E-state index contributed by atoms with van der Waals surface area (Å²) in [6.07, 6.45) is 5.35. The number of carboxylic acid groups (broad SMARTS) is 1. The molecule has 4 aliphatic carbocycles. The molecule has 7 nitrogen and oxygen atoms in total. The largest absolute Gasteiger partial charge is 0.480 e. The van der Waals surface area contributed by atoms with Crippen LogP contribution in [0.5, 0.6) is 0 Å². The lowest BCUT2D eigenvalue weighted by atomic mass is 9.55. The summed E-state index contributed by atoms with van der Waals surface area (Å²) in [7, 11) is 1.97. The average Bonchev–Trinajstić information content (AvgIpc) is 3.03. The molecule has 2 aromatic rings. The first-order valence-corrected chi connectivity index (χ1v) is 13.9. The predicted molar refractivity (Wildman–Crippen MR) is 147 cm³/mol. The van der Waals surface area contributed by atoms with Crippen molar-refractivity contribution in [2.24, 2.45) is 28.7 Å². The lowest BCUT2D eigenvalue weighted by molar-refractivity contribution is -0.145. The molecule has 2 N–H and O–H groups in total. The number of para-hydroxylation sites is 1. The molecule has 1 amide bonds. The maximum atomic E-state index is 13.1. The molecule has 1 unspecified atom stereocenters. The number of hydrogen-bond donors (Lipinski definition) is 2. The van der Waals surface area contributed by atoms with Crippen LogP contribution in [0.2, 0.25) is 0 Å². The summed E-state index contributed by atoms with van der Waals surface area (Å²) in [6, 6.07) is 17.9. The van der Waals surface area contributed by atoms with Crippen LogP contribution in [0.3, 0.4) is 0 Å². The van der Waals surface area contributed by atoms with Crippen molar-refractivity contribution in [3.8, 4) is 0 Å². The number of ether oxygens (including phenoxy) is 1. The highest BCUT2D eigenvalue weighted by Gasteiger charge is 2.50. The third-order valence-corrected chi connectivity index (χ3v) is 9.47. The number of hydrogen-bond acceptors (Lipinski definition) is 5.